The van der Waals surface area contributed by atoms with E-state index in [1.54, 1.807) is 6.26 Å². The van der Waals surface area contributed by atoms with Crippen molar-refractivity contribution in [3.05, 3.63) is 12.3 Å². The van der Waals surface area contributed by atoms with Gasteiger partial charge in [0.15, 0.2) is 5.78 Å². The zero-order valence-electron chi connectivity index (χ0n) is 9.28. The molecule has 2 aliphatic rings. The molecule has 1 unspecified atom stereocenters. The third kappa shape index (κ3) is 3.37. The van der Waals surface area contributed by atoms with E-state index in [1.165, 1.54) is 44.6 Å². The van der Waals surface area contributed by atoms with Gasteiger partial charge in [0.2, 0.25) is 0 Å². The number of carbonyl (C=O) groups is 1. The fourth-order valence-corrected chi connectivity index (χ4v) is 2.63. The van der Waals surface area contributed by atoms with Gasteiger partial charge in [-0.25, -0.2) is 0 Å². The Morgan fingerprint density at radius 2 is 2.00 bits per heavy atom. The second-order valence-electron chi connectivity index (χ2n) is 4.81. The molecule has 15 heavy (non-hydrogen) atoms. The molecule has 0 N–H and O–H groups in total. The van der Waals surface area contributed by atoms with Crippen LogP contribution in [-0.4, -0.2) is 11.9 Å². The standard InChI is InChI=1S/C13H20O2/c14-12-8-9-15-13(10-12)7-6-11-4-2-1-3-5-11/h8-9,11,13H,1-7,10H2. The lowest BCUT2D eigenvalue weighted by atomic mass is 9.85. The lowest BCUT2D eigenvalue weighted by Crippen LogP contribution is -2.20. The first kappa shape index (κ1) is 10.7. The average Bonchev–Trinajstić information content (AvgIpc) is 2.28. The van der Waals surface area contributed by atoms with Gasteiger partial charge in [-0.15, -0.1) is 0 Å². The molecular weight excluding hydrogens is 188 g/mol. The van der Waals surface area contributed by atoms with Crippen molar-refractivity contribution in [2.75, 3.05) is 0 Å². The first-order chi connectivity index (χ1) is 7.34. The Bertz CT molecular complexity index is 239. The van der Waals surface area contributed by atoms with Crippen LogP contribution < -0.4 is 0 Å². The van der Waals surface area contributed by atoms with Gasteiger partial charge in [0.05, 0.1) is 6.26 Å². The lowest BCUT2D eigenvalue weighted by Gasteiger charge is -2.24. The van der Waals surface area contributed by atoms with Crippen LogP contribution in [0.4, 0.5) is 0 Å². The molecule has 1 heterocycles. The molecule has 0 spiro atoms. The Morgan fingerprint density at radius 3 is 2.73 bits per heavy atom. The molecular formula is C13H20O2. The van der Waals surface area contributed by atoms with E-state index in [9.17, 15) is 4.79 Å². The molecule has 1 aliphatic heterocycles. The van der Waals surface area contributed by atoms with Crippen LogP contribution in [0.1, 0.15) is 51.4 Å². The summed E-state index contributed by atoms with van der Waals surface area (Å²) in [6.45, 7) is 0. The van der Waals surface area contributed by atoms with Gasteiger partial charge in [-0.2, -0.15) is 0 Å². The van der Waals surface area contributed by atoms with Gasteiger partial charge in [0.25, 0.3) is 0 Å². The van der Waals surface area contributed by atoms with Gasteiger partial charge in [0, 0.05) is 12.5 Å². The second kappa shape index (κ2) is 5.34. The van der Waals surface area contributed by atoms with Crippen molar-refractivity contribution < 1.29 is 9.53 Å². The molecule has 0 bridgehead atoms. The van der Waals surface area contributed by atoms with Crippen molar-refractivity contribution in [3.8, 4) is 0 Å². The minimum absolute atomic E-state index is 0.157. The van der Waals surface area contributed by atoms with Gasteiger partial charge < -0.3 is 4.74 Å². The van der Waals surface area contributed by atoms with Crippen molar-refractivity contribution in [2.45, 2.75) is 57.5 Å². The van der Waals surface area contributed by atoms with E-state index in [0.717, 1.165) is 12.3 Å². The third-order valence-corrected chi connectivity index (χ3v) is 3.58. The number of hydrogen-bond acceptors (Lipinski definition) is 2. The number of carbonyl (C=O) groups excluding carboxylic acids is 1. The van der Waals surface area contributed by atoms with Crippen LogP contribution in [0.2, 0.25) is 0 Å². The van der Waals surface area contributed by atoms with Crippen LogP contribution in [0.5, 0.6) is 0 Å². The third-order valence-electron chi connectivity index (χ3n) is 3.58. The molecule has 1 atom stereocenters. The van der Waals surface area contributed by atoms with Crippen LogP contribution >= 0.6 is 0 Å². The number of allylic oxidation sites excluding steroid dienone is 1. The molecule has 2 nitrogen and oxygen atoms in total. The highest BCUT2D eigenvalue weighted by molar-refractivity contribution is 5.90. The van der Waals surface area contributed by atoms with E-state index in [0.29, 0.717) is 6.42 Å². The summed E-state index contributed by atoms with van der Waals surface area (Å²) in [5, 5.41) is 0. The lowest BCUT2D eigenvalue weighted by molar-refractivity contribution is -0.118. The molecule has 0 saturated heterocycles. The minimum atomic E-state index is 0.157. The Kier molecular flexibility index (Phi) is 3.81. The van der Waals surface area contributed by atoms with Crippen LogP contribution in [-0.2, 0) is 9.53 Å². The van der Waals surface area contributed by atoms with Crippen LogP contribution in [0.25, 0.3) is 0 Å². The zero-order chi connectivity index (χ0) is 10.5. The maximum Gasteiger partial charge on any atom is 0.162 e. The highest BCUT2D eigenvalue weighted by atomic mass is 16.5. The quantitative estimate of drug-likeness (QED) is 0.711. The van der Waals surface area contributed by atoms with E-state index in [4.69, 9.17) is 4.74 Å². The Hall–Kier alpha value is -0.790. The SMILES string of the molecule is O=C1C=COC(CCC2CCCCC2)C1. The Morgan fingerprint density at radius 1 is 1.20 bits per heavy atom. The molecule has 2 rings (SSSR count). The van der Waals surface area contributed by atoms with Crippen LogP contribution in [0, 0.1) is 5.92 Å². The number of rotatable bonds is 3. The largest absolute Gasteiger partial charge is 0.497 e. The Balaban J connectivity index is 1.68. The first-order valence-electron chi connectivity index (χ1n) is 6.19. The fourth-order valence-electron chi connectivity index (χ4n) is 2.63. The van der Waals surface area contributed by atoms with Crippen LogP contribution in [0.15, 0.2) is 12.3 Å². The summed E-state index contributed by atoms with van der Waals surface area (Å²) in [7, 11) is 0. The normalized spacial score (nSPS) is 27.7. The van der Waals surface area contributed by atoms with Crippen LogP contribution in [0.3, 0.4) is 0 Å². The molecule has 1 saturated carbocycles. The average molecular weight is 208 g/mol. The van der Waals surface area contributed by atoms with E-state index < -0.39 is 0 Å². The predicted molar refractivity (Wildman–Crippen MR) is 59.4 cm³/mol. The van der Waals surface area contributed by atoms with E-state index in [1.807, 2.05) is 0 Å². The first-order valence-corrected chi connectivity index (χ1v) is 6.19. The van der Waals surface area contributed by atoms with E-state index in [-0.39, 0.29) is 11.9 Å². The molecule has 0 aromatic carbocycles. The van der Waals surface area contributed by atoms with Crippen molar-refractivity contribution >= 4 is 5.78 Å². The number of ketones is 1. The molecule has 0 aromatic heterocycles. The van der Waals surface area contributed by atoms with Gasteiger partial charge in [-0.3, -0.25) is 4.79 Å². The maximum atomic E-state index is 11.2. The second-order valence-corrected chi connectivity index (χ2v) is 4.81. The molecule has 2 heteroatoms. The summed E-state index contributed by atoms with van der Waals surface area (Å²) in [6, 6.07) is 0. The fraction of sp³-hybridized carbons (Fsp3) is 0.769. The monoisotopic (exact) mass is 208 g/mol. The maximum absolute atomic E-state index is 11.2. The predicted octanol–water partition coefficient (Wildman–Crippen LogP) is 3.22. The molecule has 0 radical (unpaired) electrons. The molecule has 0 aromatic rings. The van der Waals surface area contributed by atoms with Gasteiger partial charge in [-0.1, -0.05) is 32.1 Å². The molecule has 1 aliphatic carbocycles. The summed E-state index contributed by atoms with van der Waals surface area (Å²) in [6.07, 6.45) is 13.1. The highest BCUT2D eigenvalue weighted by Crippen LogP contribution is 2.28. The highest BCUT2D eigenvalue weighted by Gasteiger charge is 2.19. The molecule has 1 fully saturated rings. The zero-order valence-corrected chi connectivity index (χ0v) is 9.28. The smallest absolute Gasteiger partial charge is 0.162 e. The molecule has 84 valence electrons. The topological polar surface area (TPSA) is 26.3 Å². The summed E-state index contributed by atoms with van der Waals surface area (Å²) in [5.41, 5.74) is 0. The van der Waals surface area contributed by atoms with Crippen molar-refractivity contribution in [3.63, 3.8) is 0 Å². The van der Waals surface area contributed by atoms with Gasteiger partial charge in [0.1, 0.15) is 6.10 Å². The number of ether oxygens (including phenoxy) is 1. The van der Waals surface area contributed by atoms with Crippen molar-refractivity contribution in [2.24, 2.45) is 5.92 Å². The summed E-state index contributed by atoms with van der Waals surface area (Å²) in [4.78, 5) is 11.2. The Labute approximate surface area is 91.7 Å². The summed E-state index contributed by atoms with van der Waals surface area (Å²) < 4.78 is 5.44. The number of hydrogen-bond donors (Lipinski definition) is 0. The molecule has 0 amide bonds. The van der Waals surface area contributed by atoms with Crippen molar-refractivity contribution in [1.82, 2.24) is 0 Å². The summed E-state index contributed by atoms with van der Waals surface area (Å²) >= 11 is 0. The van der Waals surface area contributed by atoms with E-state index >= 15 is 0 Å². The minimum Gasteiger partial charge on any atom is -0.497 e. The van der Waals surface area contributed by atoms with Gasteiger partial charge in [-0.05, 0) is 18.8 Å². The van der Waals surface area contributed by atoms with Crippen molar-refractivity contribution in [1.29, 1.82) is 0 Å². The summed E-state index contributed by atoms with van der Waals surface area (Å²) in [5.74, 6) is 1.11. The van der Waals surface area contributed by atoms with Gasteiger partial charge >= 0.3 is 0 Å². The van der Waals surface area contributed by atoms with E-state index in [2.05, 4.69) is 0 Å².